The fourth-order valence-corrected chi connectivity index (χ4v) is 3.16. The maximum absolute atomic E-state index is 11.5. The molecule has 0 aromatic heterocycles. The summed E-state index contributed by atoms with van der Waals surface area (Å²) in [6.07, 6.45) is 4.21. The van der Waals surface area contributed by atoms with Gasteiger partial charge in [0, 0.05) is 12.0 Å². The quantitative estimate of drug-likeness (QED) is 0.502. The van der Waals surface area contributed by atoms with Gasteiger partial charge in [0.15, 0.2) is 0 Å². The van der Waals surface area contributed by atoms with Crippen molar-refractivity contribution in [2.45, 2.75) is 52.1 Å². The Balaban J connectivity index is 2.18. The number of esters is 1. The third-order valence-electron chi connectivity index (χ3n) is 4.52. The smallest absolute Gasteiger partial charge is 0.334 e. The highest BCUT2D eigenvalue weighted by Gasteiger charge is 2.50. The van der Waals surface area contributed by atoms with E-state index < -0.39 is 0 Å². The number of carbonyl (C=O) groups is 1. The van der Waals surface area contributed by atoms with Gasteiger partial charge in [-0.2, -0.15) is 0 Å². The second-order valence-corrected chi connectivity index (χ2v) is 5.92. The SMILES string of the molecule is C=C1C[C@@]2(C[C@H](C(C)C)CC[C@@H]2C)OC1=O. The molecule has 0 N–H and O–H groups in total. The minimum absolute atomic E-state index is 0.170. The van der Waals surface area contributed by atoms with Crippen LogP contribution in [0, 0.1) is 17.8 Å². The van der Waals surface area contributed by atoms with Gasteiger partial charge in [-0.1, -0.05) is 27.4 Å². The highest BCUT2D eigenvalue weighted by atomic mass is 16.6. The van der Waals surface area contributed by atoms with E-state index in [2.05, 4.69) is 27.4 Å². The first-order valence-electron chi connectivity index (χ1n) is 6.36. The molecule has 2 rings (SSSR count). The Morgan fingerprint density at radius 3 is 2.62 bits per heavy atom. The molecule has 1 aliphatic heterocycles. The summed E-state index contributed by atoms with van der Waals surface area (Å²) >= 11 is 0. The van der Waals surface area contributed by atoms with E-state index in [1.54, 1.807) is 0 Å². The van der Waals surface area contributed by atoms with Gasteiger partial charge in [0.25, 0.3) is 0 Å². The molecule has 0 aromatic rings. The van der Waals surface area contributed by atoms with Crippen LogP contribution in [-0.4, -0.2) is 11.6 Å². The fourth-order valence-electron chi connectivity index (χ4n) is 3.16. The maximum Gasteiger partial charge on any atom is 0.334 e. The van der Waals surface area contributed by atoms with Gasteiger partial charge in [-0.05, 0) is 37.0 Å². The number of hydrogen-bond acceptors (Lipinski definition) is 2. The van der Waals surface area contributed by atoms with E-state index in [0.29, 0.717) is 23.3 Å². The molecule has 0 amide bonds. The van der Waals surface area contributed by atoms with Crippen LogP contribution < -0.4 is 0 Å². The molecule has 2 heteroatoms. The summed E-state index contributed by atoms with van der Waals surface area (Å²) in [5.41, 5.74) is 0.442. The molecule has 1 spiro atoms. The first-order valence-corrected chi connectivity index (χ1v) is 6.36. The molecule has 2 nitrogen and oxygen atoms in total. The van der Waals surface area contributed by atoms with Gasteiger partial charge in [-0.15, -0.1) is 0 Å². The van der Waals surface area contributed by atoms with E-state index in [1.165, 1.54) is 12.8 Å². The molecule has 2 fully saturated rings. The molecule has 0 radical (unpaired) electrons. The maximum atomic E-state index is 11.5. The van der Waals surface area contributed by atoms with Crippen molar-refractivity contribution >= 4 is 5.97 Å². The lowest BCUT2D eigenvalue weighted by molar-refractivity contribution is -0.156. The Bertz CT molecular complexity index is 301. The van der Waals surface area contributed by atoms with Crippen molar-refractivity contribution in [3.05, 3.63) is 12.2 Å². The highest BCUT2D eigenvalue weighted by molar-refractivity contribution is 5.90. The van der Waals surface area contributed by atoms with Crippen LogP contribution in [0.25, 0.3) is 0 Å². The number of ether oxygens (including phenoxy) is 1. The van der Waals surface area contributed by atoms with Crippen molar-refractivity contribution in [2.24, 2.45) is 17.8 Å². The minimum Gasteiger partial charge on any atom is -0.455 e. The molecular weight excluding hydrogens is 200 g/mol. The largest absolute Gasteiger partial charge is 0.455 e. The monoisotopic (exact) mass is 222 g/mol. The second kappa shape index (κ2) is 3.90. The van der Waals surface area contributed by atoms with Gasteiger partial charge >= 0.3 is 5.97 Å². The van der Waals surface area contributed by atoms with Crippen molar-refractivity contribution in [1.29, 1.82) is 0 Å². The summed E-state index contributed by atoms with van der Waals surface area (Å²) in [7, 11) is 0. The van der Waals surface area contributed by atoms with Crippen LogP contribution in [0.2, 0.25) is 0 Å². The summed E-state index contributed by atoms with van der Waals surface area (Å²) in [5, 5.41) is 0. The number of hydrogen-bond donors (Lipinski definition) is 0. The molecule has 0 unspecified atom stereocenters. The van der Waals surface area contributed by atoms with E-state index in [0.717, 1.165) is 12.8 Å². The van der Waals surface area contributed by atoms with Gasteiger partial charge in [-0.25, -0.2) is 4.79 Å². The fraction of sp³-hybridized carbons (Fsp3) is 0.786. The van der Waals surface area contributed by atoms with Gasteiger partial charge in [0.1, 0.15) is 5.60 Å². The van der Waals surface area contributed by atoms with Crippen LogP contribution in [0.4, 0.5) is 0 Å². The lowest BCUT2D eigenvalue weighted by Crippen LogP contribution is -2.43. The van der Waals surface area contributed by atoms with Crippen molar-refractivity contribution in [1.82, 2.24) is 0 Å². The molecule has 1 aliphatic carbocycles. The molecule has 1 heterocycles. The first kappa shape index (κ1) is 11.7. The molecule has 90 valence electrons. The standard InChI is InChI=1S/C14H22O2/c1-9(2)12-6-5-11(4)14(8-12)7-10(3)13(15)16-14/h9,11-12H,3,5-8H2,1-2,4H3/t11-,12+,14-/m0/s1. The first-order chi connectivity index (χ1) is 7.44. The normalized spacial score (nSPS) is 39.5. The molecule has 0 bridgehead atoms. The van der Waals surface area contributed by atoms with Gasteiger partial charge in [-0.3, -0.25) is 0 Å². The summed E-state index contributed by atoms with van der Waals surface area (Å²) < 4.78 is 5.66. The lowest BCUT2D eigenvalue weighted by Gasteiger charge is -2.42. The predicted molar refractivity (Wildman–Crippen MR) is 63.9 cm³/mol. The van der Waals surface area contributed by atoms with E-state index in [9.17, 15) is 4.79 Å². The van der Waals surface area contributed by atoms with E-state index in [-0.39, 0.29) is 11.6 Å². The van der Waals surface area contributed by atoms with Crippen LogP contribution in [0.5, 0.6) is 0 Å². The third kappa shape index (κ3) is 1.79. The molecule has 1 saturated carbocycles. The predicted octanol–water partition coefficient (Wildman–Crippen LogP) is 3.32. The van der Waals surface area contributed by atoms with Gasteiger partial charge < -0.3 is 4.74 Å². The van der Waals surface area contributed by atoms with Gasteiger partial charge in [0.05, 0.1) is 0 Å². The molecule has 2 aliphatic rings. The zero-order valence-corrected chi connectivity index (χ0v) is 10.6. The number of carbonyl (C=O) groups excluding carboxylic acids is 1. The average molecular weight is 222 g/mol. The molecular formula is C14H22O2. The Hall–Kier alpha value is -0.790. The van der Waals surface area contributed by atoms with E-state index in [4.69, 9.17) is 4.74 Å². The topological polar surface area (TPSA) is 26.3 Å². The summed E-state index contributed by atoms with van der Waals surface area (Å²) in [6.45, 7) is 10.6. The highest BCUT2D eigenvalue weighted by Crippen LogP contribution is 2.48. The minimum atomic E-state index is -0.221. The lowest BCUT2D eigenvalue weighted by atomic mass is 9.67. The zero-order valence-electron chi connectivity index (χ0n) is 10.6. The Morgan fingerprint density at radius 2 is 2.12 bits per heavy atom. The van der Waals surface area contributed by atoms with E-state index in [1.807, 2.05) is 0 Å². The Morgan fingerprint density at radius 1 is 1.44 bits per heavy atom. The average Bonchev–Trinajstić information content (AvgIpc) is 2.48. The molecule has 1 saturated heterocycles. The molecule has 3 atom stereocenters. The Labute approximate surface area is 98.1 Å². The van der Waals surface area contributed by atoms with E-state index >= 15 is 0 Å². The summed E-state index contributed by atoms with van der Waals surface area (Å²) in [5.74, 6) is 1.67. The zero-order chi connectivity index (χ0) is 11.9. The van der Waals surface area contributed by atoms with Crippen molar-refractivity contribution in [3.63, 3.8) is 0 Å². The number of rotatable bonds is 1. The van der Waals surface area contributed by atoms with Crippen molar-refractivity contribution in [3.8, 4) is 0 Å². The molecule has 16 heavy (non-hydrogen) atoms. The van der Waals surface area contributed by atoms with Crippen molar-refractivity contribution in [2.75, 3.05) is 0 Å². The van der Waals surface area contributed by atoms with Crippen molar-refractivity contribution < 1.29 is 9.53 Å². The third-order valence-corrected chi connectivity index (χ3v) is 4.52. The van der Waals surface area contributed by atoms with Crippen LogP contribution in [-0.2, 0) is 9.53 Å². The molecule has 0 aromatic carbocycles. The Kier molecular flexibility index (Phi) is 2.85. The second-order valence-electron chi connectivity index (χ2n) is 5.92. The summed E-state index contributed by atoms with van der Waals surface area (Å²) in [6, 6.07) is 0. The summed E-state index contributed by atoms with van der Waals surface area (Å²) in [4.78, 5) is 11.5. The van der Waals surface area contributed by atoms with Gasteiger partial charge in [0.2, 0.25) is 0 Å². The van der Waals surface area contributed by atoms with Crippen LogP contribution in [0.1, 0.15) is 46.5 Å². The van der Waals surface area contributed by atoms with Crippen LogP contribution in [0.3, 0.4) is 0 Å². The van der Waals surface area contributed by atoms with Crippen LogP contribution in [0.15, 0.2) is 12.2 Å². The van der Waals surface area contributed by atoms with Crippen LogP contribution >= 0.6 is 0 Å².